The van der Waals surface area contributed by atoms with Gasteiger partial charge in [0.15, 0.2) is 11.4 Å². The number of nitrogens with zero attached hydrogens (tertiary/aromatic N) is 1. The molecular formula is C28H23Cl2NO5. The number of anilines is 1. The minimum Gasteiger partial charge on any atom is -0.465 e. The van der Waals surface area contributed by atoms with Crippen LogP contribution in [0.5, 0.6) is 0 Å². The summed E-state index contributed by atoms with van der Waals surface area (Å²) >= 11 is 12.5. The monoisotopic (exact) mass is 523 g/mol. The Kier molecular flexibility index (Phi) is 6.60. The minimum atomic E-state index is -2.14. The lowest BCUT2D eigenvalue weighted by Crippen LogP contribution is -2.43. The topological polar surface area (TPSA) is 87.8 Å². The van der Waals surface area contributed by atoms with Gasteiger partial charge in [-0.2, -0.15) is 0 Å². The fraction of sp³-hybridized carbons (Fsp3) is 0.250. The second-order valence-electron chi connectivity index (χ2n) is 9.14. The van der Waals surface area contributed by atoms with Gasteiger partial charge in [0, 0.05) is 22.0 Å². The van der Waals surface area contributed by atoms with Gasteiger partial charge in [-0.05, 0) is 72.9 Å². The van der Waals surface area contributed by atoms with Gasteiger partial charge in [0.1, 0.15) is 11.5 Å². The van der Waals surface area contributed by atoms with E-state index in [1.54, 1.807) is 48.5 Å². The van der Waals surface area contributed by atoms with E-state index in [-0.39, 0.29) is 17.9 Å². The molecule has 2 heterocycles. The number of amides is 1. The predicted molar refractivity (Wildman–Crippen MR) is 137 cm³/mol. The lowest BCUT2D eigenvalue weighted by molar-refractivity contribution is -0.145. The summed E-state index contributed by atoms with van der Waals surface area (Å²) in [6.07, 6.45) is 4.18. The Morgan fingerprint density at radius 1 is 1.14 bits per heavy atom. The summed E-state index contributed by atoms with van der Waals surface area (Å²) in [7, 11) is 0. The first kappa shape index (κ1) is 24.5. The first-order valence-electron chi connectivity index (χ1n) is 11.7. The number of hydrogen-bond donors (Lipinski definition) is 1. The number of ketones is 2. The quantitative estimate of drug-likeness (QED) is 0.329. The highest BCUT2D eigenvalue weighted by atomic mass is 35.5. The number of benzene rings is 2. The Bertz CT molecular complexity index is 1380. The molecule has 36 heavy (non-hydrogen) atoms. The van der Waals surface area contributed by atoms with Crippen molar-refractivity contribution in [2.75, 3.05) is 4.90 Å². The van der Waals surface area contributed by atoms with E-state index in [0.29, 0.717) is 51.9 Å². The first-order valence-corrected chi connectivity index (χ1v) is 12.4. The maximum absolute atomic E-state index is 13.6. The molecule has 1 aliphatic carbocycles. The lowest BCUT2D eigenvalue weighted by atomic mass is 9.77. The second kappa shape index (κ2) is 9.69. The number of fused-ring (bicyclic) bond motifs is 1. The molecule has 0 radical (unpaired) electrons. The number of rotatable bonds is 6. The zero-order valence-electron chi connectivity index (χ0n) is 19.2. The van der Waals surface area contributed by atoms with Crippen molar-refractivity contribution in [1.82, 2.24) is 0 Å². The summed E-state index contributed by atoms with van der Waals surface area (Å²) in [4.78, 5) is 41.6. The van der Waals surface area contributed by atoms with Crippen molar-refractivity contribution in [3.05, 3.63) is 93.4 Å². The van der Waals surface area contributed by atoms with Crippen LogP contribution in [0.4, 0.5) is 5.69 Å². The summed E-state index contributed by atoms with van der Waals surface area (Å²) in [5, 5.41) is 12.5. The minimum absolute atomic E-state index is 0.113. The van der Waals surface area contributed by atoms with Gasteiger partial charge >= 0.3 is 0 Å². The number of Topliss-reactive ketones (excluding diaryl/α,β-unsaturated/α-hetero) is 2. The van der Waals surface area contributed by atoms with Crippen LogP contribution in [0.25, 0.3) is 6.08 Å². The van der Waals surface area contributed by atoms with Crippen molar-refractivity contribution >= 4 is 52.4 Å². The Morgan fingerprint density at radius 3 is 2.69 bits per heavy atom. The molecule has 1 saturated carbocycles. The van der Waals surface area contributed by atoms with Crippen molar-refractivity contribution < 1.29 is 23.9 Å². The molecule has 2 aromatic carbocycles. The highest BCUT2D eigenvalue weighted by molar-refractivity contribution is 6.31. The van der Waals surface area contributed by atoms with Gasteiger partial charge in [-0.15, -0.1) is 0 Å². The molecule has 3 aromatic rings. The molecule has 0 spiro atoms. The molecular weight excluding hydrogens is 501 g/mol. The maximum atomic E-state index is 13.6. The highest BCUT2D eigenvalue weighted by Gasteiger charge is 2.52. The molecule has 5 rings (SSSR count). The number of furan rings is 1. The van der Waals surface area contributed by atoms with Crippen LogP contribution in [-0.4, -0.2) is 22.6 Å². The zero-order valence-corrected chi connectivity index (χ0v) is 20.8. The van der Waals surface area contributed by atoms with E-state index in [9.17, 15) is 19.5 Å². The number of aliphatic hydroxyl groups is 1. The van der Waals surface area contributed by atoms with Crippen molar-refractivity contribution in [1.29, 1.82) is 0 Å². The van der Waals surface area contributed by atoms with Crippen LogP contribution in [0.15, 0.2) is 70.9 Å². The van der Waals surface area contributed by atoms with Crippen molar-refractivity contribution in [3.63, 3.8) is 0 Å². The second-order valence-corrected chi connectivity index (χ2v) is 9.99. The molecule has 1 N–H and O–H groups in total. The van der Waals surface area contributed by atoms with Crippen LogP contribution in [0.2, 0.25) is 10.0 Å². The fourth-order valence-electron chi connectivity index (χ4n) is 4.99. The molecule has 6 nitrogen and oxygen atoms in total. The molecule has 1 amide bonds. The van der Waals surface area contributed by atoms with Gasteiger partial charge in [-0.3, -0.25) is 14.4 Å². The summed E-state index contributed by atoms with van der Waals surface area (Å²) in [6.45, 7) is 0.113. The molecule has 8 heteroatoms. The van der Waals surface area contributed by atoms with E-state index in [0.717, 1.165) is 0 Å². The van der Waals surface area contributed by atoms with Crippen LogP contribution in [0.1, 0.15) is 42.6 Å². The van der Waals surface area contributed by atoms with Crippen LogP contribution < -0.4 is 4.90 Å². The SMILES string of the molecule is O=C(C[C@]1(O)C(=O)N(Cc2ccccc2Cl)c2ccc(Cl)cc21)[C@H]1CCC/C(=C/c2ccco2)C1=O. The van der Waals surface area contributed by atoms with Crippen LogP contribution in [0, 0.1) is 5.92 Å². The number of carbonyl (C=O) groups excluding carboxylic acids is 3. The van der Waals surface area contributed by atoms with Crippen LogP contribution in [0.3, 0.4) is 0 Å². The molecule has 2 aliphatic rings. The van der Waals surface area contributed by atoms with Gasteiger partial charge < -0.3 is 14.4 Å². The molecule has 1 aliphatic heterocycles. The van der Waals surface area contributed by atoms with E-state index < -0.39 is 29.6 Å². The van der Waals surface area contributed by atoms with Crippen LogP contribution >= 0.6 is 23.2 Å². The smallest absolute Gasteiger partial charge is 0.264 e. The average Bonchev–Trinajstić information content (AvgIpc) is 3.43. The van der Waals surface area contributed by atoms with Crippen molar-refractivity contribution in [2.24, 2.45) is 5.92 Å². The number of halogens is 2. The number of allylic oxidation sites excluding steroid dienone is 1. The van der Waals surface area contributed by atoms with E-state index in [1.165, 1.54) is 17.2 Å². The van der Waals surface area contributed by atoms with Gasteiger partial charge in [0.05, 0.1) is 24.4 Å². The Hall–Kier alpha value is -3.19. The molecule has 0 unspecified atom stereocenters. The zero-order chi connectivity index (χ0) is 25.4. The highest BCUT2D eigenvalue weighted by Crippen LogP contribution is 2.45. The summed E-state index contributed by atoms with van der Waals surface area (Å²) in [6, 6.07) is 15.3. The summed E-state index contributed by atoms with van der Waals surface area (Å²) in [5.74, 6) is -1.82. The van der Waals surface area contributed by atoms with E-state index in [2.05, 4.69) is 0 Å². The van der Waals surface area contributed by atoms with E-state index in [4.69, 9.17) is 27.6 Å². The fourth-order valence-corrected chi connectivity index (χ4v) is 5.36. The Morgan fingerprint density at radius 2 is 1.94 bits per heavy atom. The summed E-state index contributed by atoms with van der Waals surface area (Å²) in [5.41, 5.74) is -0.244. The van der Waals surface area contributed by atoms with E-state index >= 15 is 0 Å². The number of carbonyl (C=O) groups is 3. The Labute approximate surface area is 218 Å². The summed E-state index contributed by atoms with van der Waals surface area (Å²) < 4.78 is 5.31. The third kappa shape index (κ3) is 4.41. The average molecular weight is 524 g/mol. The maximum Gasteiger partial charge on any atom is 0.264 e. The first-order chi connectivity index (χ1) is 17.3. The third-order valence-corrected chi connectivity index (χ3v) is 7.43. The molecule has 1 fully saturated rings. The van der Waals surface area contributed by atoms with Crippen molar-refractivity contribution in [3.8, 4) is 0 Å². The van der Waals surface area contributed by atoms with Gasteiger partial charge in [0.25, 0.3) is 5.91 Å². The number of hydrogen-bond acceptors (Lipinski definition) is 5. The van der Waals surface area contributed by atoms with Gasteiger partial charge in [0.2, 0.25) is 0 Å². The normalized spacial score (nSPS) is 22.8. The van der Waals surface area contributed by atoms with Gasteiger partial charge in [-0.25, -0.2) is 0 Å². The Balaban J connectivity index is 1.44. The molecule has 1 aromatic heterocycles. The molecule has 0 saturated heterocycles. The predicted octanol–water partition coefficient (Wildman–Crippen LogP) is 5.73. The van der Waals surface area contributed by atoms with Crippen molar-refractivity contribution in [2.45, 2.75) is 37.8 Å². The molecule has 2 atom stereocenters. The third-order valence-electron chi connectivity index (χ3n) is 6.83. The lowest BCUT2D eigenvalue weighted by Gasteiger charge is -2.27. The van der Waals surface area contributed by atoms with Crippen LogP contribution in [-0.2, 0) is 26.5 Å². The van der Waals surface area contributed by atoms with Gasteiger partial charge in [-0.1, -0.05) is 41.4 Å². The van der Waals surface area contributed by atoms with E-state index in [1.807, 2.05) is 6.07 Å². The standard InChI is InChI=1S/C28H23Cl2NO5/c29-19-10-11-24-22(14-19)28(35,27(34)31(24)16-18-5-1-2-9-23(18)30)15-25(32)21-8-3-6-17(26(21)33)13-20-7-4-12-36-20/h1-2,4-5,7,9-14,21,35H,3,6,8,15-16H2/b17-13-/t21-,28-/m1/s1. The molecule has 0 bridgehead atoms. The largest absolute Gasteiger partial charge is 0.465 e. The molecule has 184 valence electrons.